The number of rotatable bonds is 3. The summed E-state index contributed by atoms with van der Waals surface area (Å²) in [5.41, 5.74) is 6.16. The van der Waals surface area contributed by atoms with Crippen molar-refractivity contribution in [2.24, 2.45) is 5.92 Å². The monoisotopic (exact) mass is 289 g/mol. The summed E-state index contributed by atoms with van der Waals surface area (Å²) in [4.78, 5) is 35.4. The molecule has 1 aromatic carbocycles. The van der Waals surface area contributed by atoms with E-state index in [1.54, 1.807) is 0 Å². The minimum absolute atomic E-state index is 0.151. The van der Waals surface area contributed by atoms with Crippen molar-refractivity contribution in [2.45, 2.75) is 27.2 Å². The molecule has 0 saturated carbocycles. The lowest BCUT2D eigenvalue weighted by Crippen LogP contribution is -2.31. The van der Waals surface area contributed by atoms with Crippen LogP contribution in [0.15, 0.2) is 12.1 Å². The number of nitrogens with one attached hydrogen (secondary N) is 2. The molecule has 0 radical (unpaired) electrons. The molecule has 1 unspecified atom stereocenters. The number of hydrogen-bond acceptors (Lipinski definition) is 3. The Morgan fingerprint density at radius 3 is 2.29 bits per heavy atom. The normalized spacial score (nSPS) is 17.9. The molecule has 1 heterocycles. The van der Waals surface area contributed by atoms with Gasteiger partial charge in [-0.2, -0.15) is 0 Å². The summed E-state index contributed by atoms with van der Waals surface area (Å²) < 4.78 is 0. The Bertz CT molecular complexity index is 602. The van der Waals surface area contributed by atoms with Crippen molar-refractivity contribution in [1.82, 2.24) is 10.4 Å². The van der Waals surface area contributed by atoms with Crippen molar-refractivity contribution in [2.75, 3.05) is 12.4 Å². The van der Waals surface area contributed by atoms with Gasteiger partial charge in [-0.1, -0.05) is 17.7 Å². The van der Waals surface area contributed by atoms with Gasteiger partial charge in [-0.25, -0.2) is 0 Å². The molecule has 1 fully saturated rings. The van der Waals surface area contributed by atoms with Crippen LogP contribution in [0.4, 0.5) is 5.69 Å². The van der Waals surface area contributed by atoms with Crippen LogP contribution in [-0.2, 0) is 14.4 Å². The average molecular weight is 289 g/mol. The lowest BCUT2D eigenvalue weighted by molar-refractivity contribution is -0.134. The number of amides is 3. The molecule has 112 valence electrons. The van der Waals surface area contributed by atoms with Crippen LogP contribution in [0.25, 0.3) is 0 Å². The highest BCUT2D eigenvalue weighted by atomic mass is 16.2. The molecule has 0 spiro atoms. The van der Waals surface area contributed by atoms with Crippen LogP contribution in [-0.4, -0.2) is 29.8 Å². The van der Waals surface area contributed by atoms with Gasteiger partial charge in [0.15, 0.2) is 0 Å². The van der Waals surface area contributed by atoms with Gasteiger partial charge in [-0.05, 0) is 31.9 Å². The van der Waals surface area contributed by atoms with Crippen molar-refractivity contribution in [3.8, 4) is 0 Å². The zero-order valence-electron chi connectivity index (χ0n) is 12.6. The van der Waals surface area contributed by atoms with Crippen LogP contribution in [0.5, 0.6) is 0 Å². The van der Waals surface area contributed by atoms with Crippen LogP contribution < -0.4 is 10.7 Å². The second kappa shape index (κ2) is 5.55. The fourth-order valence-corrected chi connectivity index (χ4v) is 2.58. The highest BCUT2D eigenvalue weighted by Crippen LogP contribution is 2.23. The van der Waals surface area contributed by atoms with Gasteiger partial charge >= 0.3 is 0 Å². The van der Waals surface area contributed by atoms with Gasteiger partial charge in [-0.15, -0.1) is 0 Å². The summed E-state index contributed by atoms with van der Waals surface area (Å²) in [6.45, 7) is 5.82. The predicted octanol–water partition coefficient (Wildman–Crippen LogP) is 1.06. The molecule has 0 aliphatic carbocycles. The summed E-state index contributed by atoms with van der Waals surface area (Å²) in [6.07, 6.45) is -0.151. The van der Waals surface area contributed by atoms with Crippen LogP contribution in [0, 0.1) is 26.7 Å². The maximum absolute atomic E-state index is 12.1. The molecule has 1 saturated heterocycles. The maximum Gasteiger partial charge on any atom is 0.253 e. The van der Waals surface area contributed by atoms with Gasteiger partial charge in [-0.3, -0.25) is 24.8 Å². The van der Waals surface area contributed by atoms with Gasteiger partial charge in [0.05, 0.1) is 0 Å². The quantitative estimate of drug-likeness (QED) is 0.817. The molecule has 21 heavy (non-hydrogen) atoms. The van der Waals surface area contributed by atoms with Gasteiger partial charge in [0, 0.05) is 19.2 Å². The van der Waals surface area contributed by atoms with Gasteiger partial charge in [0.2, 0.25) is 5.91 Å². The summed E-state index contributed by atoms with van der Waals surface area (Å²) in [7, 11) is 1.46. The third kappa shape index (κ3) is 3.04. The standard InChI is InChI=1S/C15H19N3O3/c1-8-5-9(2)13(10(3)6-8)16-12(19)7-11-14(20)17-18(4)15(11)21/h5-6,11H,7H2,1-4H3,(H,16,19)(H,17,20). The molecular weight excluding hydrogens is 270 g/mol. The predicted molar refractivity (Wildman–Crippen MR) is 78.3 cm³/mol. The van der Waals surface area contributed by atoms with Crippen molar-refractivity contribution in [1.29, 1.82) is 0 Å². The summed E-state index contributed by atoms with van der Waals surface area (Å²) in [5, 5.41) is 3.91. The minimum Gasteiger partial charge on any atom is -0.326 e. The number of aryl methyl sites for hydroxylation is 3. The number of anilines is 1. The van der Waals surface area contributed by atoms with Crippen LogP contribution in [0.2, 0.25) is 0 Å². The van der Waals surface area contributed by atoms with Crippen molar-refractivity contribution in [3.05, 3.63) is 28.8 Å². The number of carbonyl (C=O) groups excluding carboxylic acids is 3. The first kappa shape index (κ1) is 15.0. The molecule has 3 amide bonds. The van der Waals surface area contributed by atoms with Crippen LogP contribution >= 0.6 is 0 Å². The number of carbonyl (C=O) groups is 3. The topological polar surface area (TPSA) is 78.5 Å². The van der Waals surface area contributed by atoms with Crippen LogP contribution in [0.1, 0.15) is 23.1 Å². The first-order valence-corrected chi connectivity index (χ1v) is 6.75. The first-order valence-electron chi connectivity index (χ1n) is 6.75. The third-order valence-electron chi connectivity index (χ3n) is 3.55. The molecule has 2 rings (SSSR count). The second-order valence-electron chi connectivity index (χ2n) is 5.45. The van der Waals surface area contributed by atoms with Crippen molar-refractivity contribution in [3.63, 3.8) is 0 Å². The van der Waals surface area contributed by atoms with E-state index in [0.29, 0.717) is 0 Å². The van der Waals surface area contributed by atoms with E-state index in [0.717, 1.165) is 27.4 Å². The van der Waals surface area contributed by atoms with E-state index in [1.807, 2.05) is 32.9 Å². The minimum atomic E-state index is -0.943. The van der Waals surface area contributed by atoms with E-state index < -0.39 is 11.8 Å². The zero-order valence-corrected chi connectivity index (χ0v) is 12.6. The fraction of sp³-hybridized carbons (Fsp3) is 0.400. The Balaban J connectivity index is 2.10. The highest BCUT2D eigenvalue weighted by molar-refractivity contribution is 6.09. The highest BCUT2D eigenvalue weighted by Gasteiger charge is 2.38. The largest absolute Gasteiger partial charge is 0.326 e. The average Bonchev–Trinajstić information content (AvgIpc) is 2.60. The molecule has 2 N–H and O–H groups in total. The Labute approximate surface area is 123 Å². The number of hydrazine groups is 1. The van der Waals surface area contributed by atoms with Gasteiger partial charge < -0.3 is 5.32 Å². The fourth-order valence-electron chi connectivity index (χ4n) is 2.58. The van der Waals surface area contributed by atoms with Crippen LogP contribution in [0.3, 0.4) is 0 Å². The lowest BCUT2D eigenvalue weighted by atomic mass is 10.0. The summed E-state index contributed by atoms with van der Waals surface area (Å²) >= 11 is 0. The zero-order chi connectivity index (χ0) is 15.7. The first-order chi connectivity index (χ1) is 9.79. The molecule has 0 bridgehead atoms. The third-order valence-corrected chi connectivity index (χ3v) is 3.55. The maximum atomic E-state index is 12.1. The van der Waals surface area contributed by atoms with Crippen molar-refractivity contribution >= 4 is 23.4 Å². The summed E-state index contributed by atoms with van der Waals surface area (Å²) in [6, 6.07) is 3.95. The van der Waals surface area contributed by atoms with Crippen molar-refractivity contribution < 1.29 is 14.4 Å². The molecule has 1 aliphatic rings. The smallest absolute Gasteiger partial charge is 0.253 e. The Morgan fingerprint density at radius 1 is 1.24 bits per heavy atom. The Hall–Kier alpha value is -2.37. The van der Waals surface area contributed by atoms with E-state index >= 15 is 0 Å². The van der Waals surface area contributed by atoms with E-state index in [4.69, 9.17) is 0 Å². The summed E-state index contributed by atoms with van der Waals surface area (Å²) in [5.74, 6) is -2.10. The van der Waals surface area contributed by atoms with Gasteiger partial charge in [0.25, 0.3) is 11.8 Å². The van der Waals surface area contributed by atoms with E-state index in [1.165, 1.54) is 7.05 Å². The Morgan fingerprint density at radius 2 is 1.81 bits per heavy atom. The van der Waals surface area contributed by atoms with E-state index in [2.05, 4.69) is 10.7 Å². The molecule has 0 aromatic heterocycles. The second-order valence-corrected chi connectivity index (χ2v) is 5.45. The number of nitrogens with zero attached hydrogens (tertiary/aromatic N) is 1. The number of hydrogen-bond donors (Lipinski definition) is 2. The lowest BCUT2D eigenvalue weighted by Gasteiger charge is -2.13. The number of benzene rings is 1. The molecule has 1 aliphatic heterocycles. The molecule has 1 aromatic rings. The van der Waals surface area contributed by atoms with E-state index in [9.17, 15) is 14.4 Å². The Kier molecular flexibility index (Phi) is 3.97. The molecule has 6 heteroatoms. The van der Waals surface area contributed by atoms with Gasteiger partial charge in [0.1, 0.15) is 5.92 Å². The molecule has 6 nitrogen and oxygen atoms in total. The molecule has 1 atom stereocenters. The SMILES string of the molecule is Cc1cc(C)c(NC(=O)CC2C(=O)NN(C)C2=O)c(C)c1. The van der Waals surface area contributed by atoms with E-state index in [-0.39, 0.29) is 18.2 Å². The molecular formula is C15H19N3O3.